The molecule has 30 heavy (non-hydrogen) atoms. The molecule has 0 spiro atoms. The van der Waals surface area contributed by atoms with Gasteiger partial charge in [0.25, 0.3) is 5.56 Å². The van der Waals surface area contributed by atoms with E-state index in [0.29, 0.717) is 0 Å². The number of halogens is 2. The molecule has 15 nitrogen and oxygen atoms in total. The number of nitrogens with one attached hydrogen (secondary N) is 1. The van der Waals surface area contributed by atoms with Gasteiger partial charge >= 0.3 is 28.1 Å². The molecule has 1 aliphatic rings. The number of alkyl halides is 2. The van der Waals surface area contributed by atoms with Crippen molar-refractivity contribution in [1.29, 1.82) is 0 Å². The molecule has 0 saturated carbocycles. The number of ether oxygens (including phenoxy) is 1. The molecule has 1 aromatic heterocycles. The van der Waals surface area contributed by atoms with Crippen molar-refractivity contribution < 1.29 is 51.7 Å². The van der Waals surface area contributed by atoms with Crippen LogP contribution in [0.3, 0.4) is 0 Å². The smallest absolute Gasteiger partial charge is 0.387 e. The number of hydrogen-bond donors (Lipinski definition) is 6. The Balaban J connectivity index is 2.13. The molecule has 1 aliphatic heterocycles. The van der Waals surface area contributed by atoms with Crippen LogP contribution in [0.2, 0.25) is 0 Å². The fourth-order valence-corrected chi connectivity index (χ4v) is 6.75. The minimum atomic E-state index is -5.54. The molecule has 0 aliphatic carbocycles. The maximum absolute atomic E-state index is 11.9. The van der Waals surface area contributed by atoms with E-state index in [1.165, 1.54) is 0 Å². The minimum absolute atomic E-state index is 0.728. The van der Waals surface area contributed by atoms with E-state index in [4.69, 9.17) is 42.2 Å². The first kappa shape index (κ1) is 26.3. The highest BCUT2D eigenvalue weighted by atomic mass is 35.5. The van der Waals surface area contributed by atoms with Gasteiger partial charge in [0.1, 0.15) is 12.2 Å². The van der Waals surface area contributed by atoms with E-state index in [1.54, 1.807) is 0 Å². The lowest BCUT2D eigenvalue weighted by molar-refractivity contribution is -0.0429. The highest BCUT2D eigenvalue weighted by Gasteiger charge is 2.56. The van der Waals surface area contributed by atoms with Gasteiger partial charge in [-0.3, -0.25) is 14.3 Å². The summed E-state index contributed by atoms with van der Waals surface area (Å²) in [6, 6.07) is 0.950. The van der Waals surface area contributed by atoms with Crippen LogP contribution in [-0.4, -0.2) is 57.4 Å². The molecule has 1 fully saturated rings. The van der Waals surface area contributed by atoms with Gasteiger partial charge in [-0.15, -0.1) is 0 Å². The number of H-pyrrole nitrogens is 1. The standard InChI is InChI=1S/C9H13Cl2N2O13P3S/c10-9(11)6(15)4(24-7(9)13-2-1-5(14)12-8(13)16)3-23-29(22,30)26-28(20,21)25-27(17,18)19/h1-2,4,6-7,15H,3H2,(H,20,21)(H,22,30)(H,12,14,16)(H2,17,18,19)/t4-,6-,7-,29?/m1/s1. The molecular formula is C9H13Cl2N2O13P3S. The van der Waals surface area contributed by atoms with E-state index in [2.05, 4.69) is 20.4 Å². The van der Waals surface area contributed by atoms with Crippen molar-refractivity contribution in [3.8, 4) is 0 Å². The van der Waals surface area contributed by atoms with Gasteiger partial charge in [0.05, 0.1) is 6.61 Å². The quantitative estimate of drug-likeness (QED) is 0.175. The summed E-state index contributed by atoms with van der Waals surface area (Å²) in [7, 11) is -11.0. The normalized spacial score (nSPS) is 28.0. The summed E-state index contributed by atoms with van der Waals surface area (Å²) in [5.41, 5.74) is -1.70. The number of aliphatic hydroxyl groups excluding tert-OH is 1. The minimum Gasteiger partial charge on any atom is -0.387 e. The Labute approximate surface area is 181 Å². The Morgan fingerprint density at radius 2 is 1.83 bits per heavy atom. The lowest BCUT2D eigenvalue weighted by Crippen LogP contribution is -2.41. The average molecular weight is 553 g/mol. The van der Waals surface area contributed by atoms with E-state index < -0.39 is 63.0 Å². The summed E-state index contributed by atoms with van der Waals surface area (Å²) in [6.07, 6.45) is -3.81. The fourth-order valence-electron chi connectivity index (χ4n) is 2.19. The van der Waals surface area contributed by atoms with Crippen LogP contribution in [-0.2, 0) is 38.8 Å². The molecule has 2 heterocycles. The SMILES string of the molecule is O=c1ccn([C@@H]2O[C@H](COP(O)(=S)OP(=O)(O)OP(=O)(O)O)[C@@H](O)C2(Cl)Cl)c(=O)[nH]1. The number of rotatable bonds is 8. The monoisotopic (exact) mass is 552 g/mol. The predicted molar refractivity (Wildman–Crippen MR) is 102 cm³/mol. The van der Waals surface area contributed by atoms with Gasteiger partial charge in [-0.05, 0) is 11.8 Å². The van der Waals surface area contributed by atoms with Gasteiger partial charge in [0.15, 0.2) is 10.6 Å². The first-order valence-corrected chi connectivity index (χ1v) is 13.6. The van der Waals surface area contributed by atoms with E-state index >= 15 is 0 Å². The van der Waals surface area contributed by atoms with Gasteiger partial charge in [-0.25, -0.2) is 18.2 Å². The molecule has 2 unspecified atom stereocenters. The summed E-state index contributed by atoms with van der Waals surface area (Å²) in [5, 5.41) is 10.2. The maximum atomic E-state index is 11.9. The Morgan fingerprint density at radius 3 is 2.37 bits per heavy atom. The van der Waals surface area contributed by atoms with Gasteiger partial charge in [0.2, 0.25) is 0 Å². The van der Waals surface area contributed by atoms with Gasteiger partial charge in [-0.2, -0.15) is 4.31 Å². The summed E-state index contributed by atoms with van der Waals surface area (Å²) >= 11 is 16.5. The topological polar surface area (TPSA) is 227 Å². The van der Waals surface area contributed by atoms with Crippen molar-refractivity contribution in [1.82, 2.24) is 9.55 Å². The zero-order valence-electron chi connectivity index (χ0n) is 14.0. The largest absolute Gasteiger partial charge is 0.488 e. The first-order chi connectivity index (χ1) is 13.4. The molecule has 0 bridgehead atoms. The Kier molecular flexibility index (Phi) is 7.97. The summed E-state index contributed by atoms with van der Waals surface area (Å²) in [5.74, 6) is 0. The van der Waals surface area contributed by atoms with Crippen molar-refractivity contribution in [3.63, 3.8) is 0 Å². The van der Waals surface area contributed by atoms with Crippen molar-refractivity contribution >= 4 is 57.4 Å². The number of hydrogen-bond acceptors (Lipinski definition) is 10. The van der Waals surface area contributed by atoms with Crippen LogP contribution in [0.5, 0.6) is 0 Å². The van der Waals surface area contributed by atoms with Crippen LogP contribution >= 0.6 is 45.6 Å². The van der Waals surface area contributed by atoms with Crippen LogP contribution in [0.4, 0.5) is 0 Å². The highest BCUT2D eigenvalue weighted by Crippen LogP contribution is 2.66. The molecule has 0 radical (unpaired) electrons. The number of phosphoric acid groups is 2. The molecule has 2 rings (SSSR count). The van der Waals surface area contributed by atoms with Crippen molar-refractivity contribution in [2.24, 2.45) is 0 Å². The number of aliphatic hydroxyl groups is 1. The van der Waals surface area contributed by atoms with E-state index in [-0.39, 0.29) is 0 Å². The average Bonchev–Trinajstić information content (AvgIpc) is 2.73. The lowest BCUT2D eigenvalue weighted by atomic mass is 10.2. The van der Waals surface area contributed by atoms with E-state index in [1.807, 2.05) is 4.98 Å². The van der Waals surface area contributed by atoms with Crippen LogP contribution in [0.25, 0.3) is 0 Å². The second kappa shape index (κ2) is 9.10. The zero-order chi connectivity index (χ0) is 23.1. The predicted octanol–water partition coefficient (Wildman–Crippen LogP) is -0.572. The first-order valence-electron chi connectivity index (χ1n) is 7.25. The maximum Gasteiger partial charge on any atom is 0.488 e. The van der Waals surface area contributed by atoms with Crippen LogP contribution in [0.1, 0.15) is 6.23 Å². The second-order valence-electron chi connectivity index (χ2n) is 5.55. The van der Waals surface area contributed by atoms with Gasteiger partial charge in [0, 0.05) is 12.3 Å². The van der Waals surface area contributed by atoms with Gasteiger partial charge < -0.3 is 33.9 Å². The molecule has 0 amide bonds. The molecule has 21 heteroatoms. The third-order valence-corrected chi connectivity index (χ3v) is 8.84. The van der Waals surface area contributed by atoms with Crippen molar-refractivity contribution in [2.75, 3.05) is 6.61 Å². The third-order valence-electron chi connectivity index (χ3n) is 3.30. The lowest BCUT2D eigenvalue weighted by Gasteiger charge is -2.24. The third kappa shape index (κ3) is 6.75. The number of aromatic amines is 1. The molecule has 0 aromatic carbocycles. The molecule has 172 valence electrons. The Hall–Kier alpha value is 0.01000. The van der Waals surface area contributed by atoms with Crippen molar-refractivity contribution in [2.45, 2.75) is 22.8 Å². The van der Waals surface area contributed by atoms with Crippen LogP contribution < -0.4 is 11.2 Å². The zero-order valence-corrected chi connectivity index (χ0v) is 19.1. The number of aromatic nitrogens is 2. The molecular weight excluding hydrogens is 540 g/mol. The molecule has 5 atom stereocenters. The van der Waals surface area contributed by atoms with E-state index in [0.717, 1.165) is 16.8 Å². The number of nitrogens with zero attached hydrogens (tertiary/aromatic N) is 1. The Bertz CT molecular complexity index is 1050. The second-order valence-corrected chi connectivity index (χ2v) is 12.8. The fraction of sp³-hybridized carbons (Fsp3) is 0.556. The molecule has 1 saturated heterocycles. The summed E-state index contributed by atoms with van der Waals surface area (Å²) < 4.78 is 38.2. The van der Waals surface area contributed by atoms with Gasteiger partial charge in [-0.1, -0.05) is 23.2 Å². The van der Waals surface area contributed by atoms with Crippen molar-refractivity contribution in [3.05, 3.63) is 33.1 Å². The van der Waals surface area contributed by atoms with Crippen LogP contribution in [0, 0.1) is 0 Å². The molecule has 6 N–H and O–H groups in total. The summed E-state index contributed by atoms with van der Waals surface area (Å²) in [4.78, 5) is 61.0. The van der Waals surface area contributed by atoms with E-state index in [9.17, 15) is 33.6 Å². The summed E-state index contributed by atoms with van der Waals surface area (Å²) in [6.45, 7) is -5.53. The Morgan fingerprint density at radius 1 is 1.23 bits per heavy atom. The highest BCUT2D eigenvalue weighted by molar-refractivity contribution is 8.08. The molecule has 1 aromatic rings. The van der Waals surface area contributed by atoms with Crippen LogP contribution in [0.15, 0.2) is 21.9 Å².